The summed E-state index contributed by atoms with van der Waals surface area (Å²) >= 11 is 7.10. The Kier molecular flexibility index (Phi) is 4.72. The first-order valence-corrected chi connectivity index (χ1v) is 10.4. The standard InChI is InChI=1S/C19H18ClN3O5S/c20-15-6-5-14(29-15)17(25)21-10-19-11-23(18(27-19)28-19)13-3-1-12(2-4-13)22-7-8-26-9-16(22)24/h1-6,18H,7-11H2,(H,21,25). The molecular formula is C19H18ClN3O5S. The van der Waals surface area contributed by atoms with Crippen LogP contribution in [0, 0.1) is 0 Å². The van der Waals surface area contributed by atoms with E-state index in [4.69, 9.17) is 25.8 Å². The van der Waals surface area contributed by atoms with Crippen LogP contribution in [0.1, 0.15) is 9.67 Å². The van der Waals surface area contributed by atoms with Crippen molar-refractivity contribution in [1.29, 1.82) is 0 Å². The van der Waals surface area contributed by atoms with Gasteiger partial charge < -0.3 is 19.9 Å². The summed E-state index contributed by atoms with van der Waals surface area (Å²) in [7, 11) is 0. The number of nitrogens with zero attached hydrogens (tertiary/aromatic N) is 2. The van der Waals surface area contributed by atoms with Gasteiger partial charge in [0.15, 0.2) is 0 Å². The Hall–Kier alpha value is -2.17. The third-order valence-corrected chi connectivity index (χ3v) is 6.32. The highest BCUT2D eigenvalue weighted by atomic mass is 35.5. The van der Waals surface area contributed by atoms with E-state index in [2.05, 4.69) is 5.32 Å². The fourth-order valence-corrected chi connectivity index (χ4v) is 4.58. The number of benzene rings is 1. The fourth-order valence-electron chi connectivity index (χ4n) is 3.62. The average molecular weight is 436 g/mol. The van der Waals surface area contributed by atoms with E-state index in [1.807, 2.05) is 29.2 Å². The number of ether oxygens (including phenoxy) is 3. The highest BCUT2D eigenvalue weighted by molar-refractivity contribution is 7.18. The largest absolute Gasteiger partial charge is 0.370 e. The Morgan fingerprint density at radius 2 is 1.97 bits per heavy atom. The molecule has 5 heterocycles. The summed E-state index contributed by atoms with van der Waals surface area (Å²) in [6.07, 6.45) is -0.473. The number of hydrogen-bond acceptors (Lipinski definition) is 7. The number of halogens is 1. The minimum atomic E-state index is -0.847. The molecule has 4 saturated heterocycles. The maximum atomic E-state index is 12.2. The van der Waals surface area contributed by atoms with Crippen LogP contribution in [-0.2, 0) is 19.0 Å². The number of fused-ring (bicyclic) bond motifs is 1. The van der Waals surface area contributed by atoms with Crippen molar-refractivity contribution < 1.29 is 23.8 Å². The second kappa shape index (κ2) is 7.26. The maximum Gasteiger partial charge on any atom is 0.261 e. The third kappa shape index (κ3) is 3.49. The highest BCUT2D eigenvalue weighted by Gasteiger charge is 2.59. The van der Waals surface area contributed by atoms with Crippen LogP contribution in [0.3, 0.4) is 0 Å². The monoisotopic (exact) mass is 435 g/mol. The van der Waals surface area contributed by atoms with Crippen LogP contribution in [0.2, 0.25) is 4.34 Å². The van der Waals surface area contributed by atoms with Gasteiger partial charge in [-0.05, 0) is 36.4 Å². The summed E-state index contributed by atoms with van der Waals surface area (Å²) in [6.45, 7) is 1.95. The zero-order chi connectivity index (χ0) is 20.0. The summed E-state index contributed by atoms with van der Waals surface area (Å²) in [5, 5.41) is 2.84. The van der Waals surface area contributed by atoms with Crippen molar-refractivity contribution in [3.63, 3.8) is 0 Å². The molecule has 4 aliphatic heterocycles. The topological polar surface area (TPSA) is 80.3 Å². The van der Waals surface area contributed by atoms with Gasteiger partial charge >= 0.3 is 0 Å². The van der Waals surface area contributed by atoms with E-state index in [9.17, 15) is 9.59 Å². The molecule has 2 aromatic rings. The molecule has 6 rings (SSSR count). The highest BCUT2D eigenvalue weighted by Crippen LogP contribution is 2.43. The van der Waals surface area contributed by atoms with Crippen molar-refractivity contribution in [3.8, 4) is 0 Å². The van der Waals surface area contributed by atoms with Gasteiger partial charge in [-0.15, -0.1) is 11.3 Å². The van der Waals surface area contributed by atoms with Crippen molar-refractivity contribution >= 4 is 46.1 Å². The zero-order valence-corrected chi connectivity index (χ0v) is 16.9. The fraction of sp³-hybridized carbons (Fsp3) is 0.368. The van der Waals surface area contributed by atoms with Gasteiger partial charge in [0.25, 0.3) is 11.8 Å². The second-order valence-corrected chi connectivity index (χ2v) is 8.70. The molecule has 0 saturated carbocycles. The number of nitrogens with one attached hydrogen (secondary N) is 1. The summed E-state index contributed by atoms with van der Waals surface area (Å²) < 4.78 is 17.4. The molecule has 152 valence electrons. The first-order chi connectivity index (χ1) is 14.0. The van der Waals surface area contributed by atoms with Gasteiger partial charge in [-0.2, -0.15) is 0 Å². The van der Waals surface area contributed by atoms with Gasteiger partial charge in [0.05, 0.1) is 28.9 Å². The number of morpholine rings is 1. The first-order valence-electron chi connectivity index (χ1n) is 9.17. The first kappa shape index (κ1) is 18.8. The molecule has 0 unspecified atom stereocenters. The molecule has 2 amide bonds. The minimum absolute atomic E-state index is 0.0409. The van der Waals surface area contributed by atoms with E-state index in [0.717, 1.165) is 11.4 Å². The van der Waals surface area contributed by atoms with Gasteiger partial charge in [0.1, 0.15) is 6.61 Å². The van der Waals surface area contributed by atoms with E-state index in [-0.39, 0.29) is 25.0 Å². The number of thiophene rings is 1. The van der Waals surface area contributed by atoms with Crippen molar-refractivity contribution in [2.75, 3.05) is 42.6 Å². The Balaban J connectivity index is 1.21. The molecule has 10 heteroatoms. The van der Waals surface area contributed by atoms with E-state index in [0.29, 0.717) is 28.9 Å². The molecule has 1 aromatic carbocycles. The van der Waals surface area contributed by atoms with Gasteiger partial charge in [-0.25, -0.2) is 0 Å². The number of hydrogen-bond donors (Lipinski definition) is 1. The van der Waals surface area contributed by atoms with E-state index < -0.39 is 12.2 Å². The van der Waals surface area contributed by atoms with Crippen LogP contribution in [0.25, 0.3) is 0 Å². The van der Waals surface area contributed by atoms with Crippen molar-refractivity contribution in [1.82, 2.24) is 5.32 Å². The molecule has 4 aliphatic rings. The molecule has 0 atom stereocenters. The second-order valence-electron chi connectivity index (χ2n) is 6.98. The molecule has 0 aliphatic carbocycles. The van der Waals surface area contributed by atoms with E-state index >= 15 is 0 Å². The van der Waals surface area contributed by atoms with E-state index in [1.165, 1.54) is 11.3 Å². The quantitative estimate of drug-likeness (QED) is 0.774. The summed E-state index contributed by atoms with van der Waals surface area (Å²) in [5.41, 5.74) is 1.77. The van der Waals surface area contributed by atoms with E-state index in [1.54, 1.807) is 17.0 Å². The molecule has 0 spiro atoms. The smallest absolute Gasteiger partial charge is 0.261 e. The van der Waals surface area contributed by atoms with Crippen LogP contribution >= 0.6 is 22.9 Å². The molecule has 0 radical (unpaired) electrons. The lowest BCUT2D eigenvalue weighted by Gasteiger charge is -2.37. The van der Waals surface area contributed by atoms with Crippen molar-refractivity contribution in [3.05, 3.63) is 45.6 Å². The maximum absolute atomic E-state index is 12.2. The Morgan fingerprint density at radius 3 is 2.66 bits per heavy atom. The predicted octanol–water partition coefficient (Wildman–Crippen LogP) is 2.04. The SMILES string of the molecule is O=C(NCC12CN(c3ccc(N4CCOCC4=O)cc3)C(O1)O2)c1ccc(Cl)s1. The third-order valence-electron chi connectivity index (χ3n) is 5.09. The minimum Gasteiger partial charge on any atom is -0.370 e. The average Bonchev–Trinajstić information content (AvgIpc) is 3.40. The van der Waals surface area contributed by atoms with Gasteiger partial charge in [-0.3, -0.25) is 19.1 Å². The lowest BCUT2D eigenvalue weighted by atomic mass is 10.2. The molecule has 1 N–H and O–H groups in total. The number of amides is 2. The normalized spacial score (nSPS) is 25.8. The number of anilines is 2. The van der Waals surface area contributed by atoms with Gasteiger partial charge in [0.2, 0.25) is 12.2 Å². The Bertz CT molecular complexity index is 944. The lowest BCUT2D eigenvalue weighted by Crippen LogP contribution is -2.54. The lowest BCUT2D eigenvalue weighted by molar-refractivity contribution is -0.400. The molecule has 29 heavy (non-hydrogen) atoms. The van der Waals surface area contributed by atoms with Crippen LogP contribution in [0.5, 0.6) is 0 Å². The molecular weight excluding hydrogens is 418 g/mol. The Labute approximate surface area is 175 Å². The van der Waals surface area contributed by atoms with Crippen molar-refractivity contribution in [2.24, 2.45) is 0 Å². The van der Waals surface area contributed by atoms with Crippen LogP contribution in [-0.4, -0.2) is 56.9 Å². The summed E-state index contributed by atoms with van der Waals surface area (Å²) in [5.74, 6) is -1.09. The van der Waals surface area contributed by atoms with Crippen molar-refractivity contribution in [2.45, 2.75) is 12.2 Å². The molecule has 2 bridgehead atoms. The van der Waals surface area contributed by atoms with Gasteiger partial charge in [0, 0.05) is 17.9 Å². The number of rotatable bonds is 5. The number of carbonyl (C=O) groups is 2. The van der Waals surface area contributed by atoms with Crippen LogP contribution in [0.15, 0.2) is 36.4 Å². The zero-order valence-electron chi connectivity index (χ0n) is 15.3. The summed E-state index contributed by atoms with van der Waals surface area (Å²) in [6, 6.07) is 11.1. The molecule has 1 aromatic heterocycles. The predicted molar refractivity (Wildman–Crippen MR) is 107 cm³/mol. The molecule has 4 fully saturated rings. The van der Waals surface area contributed by atoms with Crippen LogP contribution in [0.4, 0.5) is 11.4 Å². The molecule has 8 nitrogen and oxygen atoms in total. The van der Waals surface area contributed by atoms with Gasteiger partial charge in [-0.1, -0.05) is 11.6 Å². The van der Waals surface area contributed by atoms with Crippen LogP contribution < -0.4 is 15.1 Å². The summed E-state index contributed by atoms with van der Waals surface area (Å²) in [4.78, 5) is 28.4. The Morgan fingerprint density at radius 1 is 1.21 bits per heavy atom. The number of carbonyl (C=O) groups excluding carboxylic acids is 2.